The molecule has 0 spiro atoms. The number of nitrogens with zero attached hydrogens (tertiary/aromatic N) is 1. The van der Waals surface area contributed by atoms with Crippen LogP contribution in [0, 0.1) is 0 Å². The molecule has 0 N–H and O–H groups in total. The van der Waals surface area contributed by atoms with Crippen molar-refractivity contribution in [3.05, 3.63) is 29.8 Å². The molecule has 0 aliphatic heterocycles. The minimum atomic E-state index is 0.749. The predicted molar refractivity (Wildman–Crippen MR) is 84.3 cm³/mol. The Morgan fingerprint density at radius 2 is 1.58 bits per heavy atom. The van der Waals surface area contributed by atoms with Crippen molar-refractivity contribution >= 4 is 21.6 Å². The highest BCUT2D eigenvalue weighted by atomic mass is 79.9. The summed E-state index contributed by atoms with van der Waals surface area (Å²) in [6.07, 6.45) is 0. The highest BCUT2D eigenvalue weighted by Crippen LogP contribution is 2.22. The molecule has 1 aromatic carbocycles. The maximum atomic E-state index is 5.47. The number of anilines is 1. The molecular formula is C15H24BrNO2. The molecule has 4 heteroatoms. The molecule has 1 rings (SSSR count). The maximum Gasteiger partial charge on any atom is 0.0641 e. The number of hydrogen-bond acceptors (Lipinski definition) is 3. The molecule has 0 fully saturated rings. The molecule has 0 aliphatic carbocycles. The predicted octanol–water partition coefficient (Wildman–Crippen LogP) is 3.46. The number of ether oxygens (including phenoxy) is 2. The Balaban J connectivity index is 2.69. The van der Waals surface area contributed by atoms with Gasteiger partial charge in [0.25, 0.3) is 0 Å². The van der Waals surface area contributed by atoms with E-state index in [4.69, 9.17) is 9.47 Å². The smallest absolute Gasteiger partial charge is 0.0641 e. The summed E-state index contributed by atoms with van der Waals surface area (Å²) in [5.41, 5.74) is 2.56. The molecule has 0 aliphatic rings. The van der Waals surface area contributed by atoms with Crippen LogP contribution in [0.4, 0.5) is 5.69 Å². The summed E-state index contributed by atoms with van der Waals surface area (Å²) in [5, 5.41) is 0.864. The van der Waals surface area contributed by atoms with Crippen LogP contribution in [0.25, 0.3) is 0 Å². The van der Waals surface area contributed by atoms with Gasteiger partial charge in [-0.05, 0) is 25.5 Å². The lowest BCUT2D eigenvalue weighted by Gasteiger charge is -2.26. The van der Waals surface area contributed by atoms with E-state index in [-0.39, 0.29) is 0 Å². The first-order valence-electron chi connectivity index (χ1n) is 6.87. The molecular weight excluding hydrogens is 306 g/mol. The summed E-state index contributed by atoms with van der Waals surface area (Å²) in [6.45, 7) is 8.86. The molecule has 0 bridgehead atoms. The van der Waals surface area contributed by atoms with E-state index in [2.05, 4.69) is 45.1 Å². The first-order valence-corrected chi connectivity index (χ1v) is 7.99. The van der Waals surface area contributed by atoms with Gasteiger partial charge < -0.3 is 14.4 Å². The third-order valence-corrected chi connectivity index (χ3v) is 3.50. The first-order chi connectivity index (χ1) is 9.33. The standard InChI is InChI=1S/C15H24BrNO2/c1-3-18-11-9-17(10-12-19-4-2)15-8-6-5-7-14(15)13-16/h5-8H,3-4,9-13H2,1-2H3. The van der Waals surface area contributed by atoms with E-state index in [0.29, 0.717) is 0 Å². The van der Waals surface area contributed by atoms with E-state index < -0.39 is 0 Å². The van der Waals surface area contributed by atoms with E-state index in [1.165, 1.54) is 11.3 Å². The lowest BCUT2D eigenvalue weighted by Crippen LogP contribution is -2.31. The fourth-order valence-corrected chi connectivity index (χ4v) is 2.40. The van der Waals surface area contributed by atoms with Crippen molar-refractivity contribution in [2.24, 2.45) is 0 Å². The number of hydrogen-bond donors (Lipinski definition) is 0. The quantitative estimate of drug-likeness (QED) is 0.484. The van der Waals surface area contributed by atoms with Crippen molar-refractivity contribution in [3.63, 3.8) is 0 Å². The summed E-state index contributed by atoms with van der Waals surface area (Å²) in [4.78, 5) is 2.34. The molecule has 1 aromatic rings. The molecule has 0 amide bonds. The third-order valence-electron chi connectivity index (χ3n) is 2.90. The number of halogens is 1. The molecule has 0 aromatic heterocycles. The topological polar surface area (TPSA) is 21.7 Å². The zero-order valence-corrected chi connectivity index (χ0v) is 13.5. The summed E-state index contributed by atoms with van der Waals surface area (Å²) in [7, 11) is 0. The van der Waals surface area contributed by atoms with Crippen molar-refractivity contribution in [1.29, 1.82) is 0 Å². The molecule has 108 valence electrons. The van der Waals surface area contributed by atoms with Gasteiger partial charge >= 0.3 is 0 Å². The molecule has 0 heterocycles. The van der Waals surface area contributed by atoms with E-state index in [0.717, 1.165) is 44.8 Å². The average Bonchev–Trinajstić information content (AvgIpc) is 2.46. The number of benzene rings is 1. The Hall–Kier alpha value is -0.580. The van der Waals surface area contributed by atoms with Crippen LogP contribution in [0.5, 0.6) is 0 Å². The van der Waals surface area contributed by atoms with Crippen LogP contribution in [0.1, 0.15) is 19.4 Å². The van der Waals surface area contributed by atoms with Crippen LogP contribution in [-0.4, -0.2) is 39.5 Å². The number of para-hydroxylation sites is 1. The van der Waals surface area contributed by atoms with E-state index in [1.807, 2.05) is 13.8 Å². The lowest BCUT2D eigenvalue weighted by molar-refractivity contribution is 0.141. The summed E-state index contributed by atoms with van der Waals surface area (Å²) >= 11 is 3.55. The van der Waals surface area contributed by atoms with Gasteiger partial charge in [-0.25, -0.2) is 0 Å². The molecule has 0 atom stereocenters. The monoisotopic (exact) mass is 329 g/mol. The molecule has 0 saturated heterocycles. The van der Waals surface area contributed by atoms with E-state index in [1.54, 1.807) is 0 Å². The van der Waals surface area contributed by atoms with Gasteiger partial charge in [0, 0.05) is 37.3 Å². The molecule has 0 radical (unpaired) electrons. The Labute approximate surface area is 125 Å². The van der Waals surface area contributed by atoms with E-state index >= 15 is 0 Å². The SMILES string of the molecule is CCOCCN(CCOCC)c1ccccc1CBr. The van der Waals surface area contributed by atoms with Gasteiger partial charge in [0.15, 0.2) is 0 Å². The third kappa shape index (κ3) is 5.93. The van der Waals surface area contributed by atoms with Crippen molar-refractivity contribution in [2.45, 2.75) is 19.2 Å². The molecule has 0 saturated carbocycles. The second-order valence-electron chi connectivity index (χ2n) is 4.14. The van der Waals surface area contributed by atoms with Crippen molar-refractivity contribution < 1.29 is 9.47 Å². The number of rotatable bonds is 10. The minimum Gasteiger partial charge on any atom is -0.380 e. The van der Waals surface area contributed by atoms with Crippen LogP contribution in [-0.2, 0) is 14.8 Å². The highest BCUT2D eigenvalue weighted by molar-refractivity contribution is 9.08. The van der Waals surface area contributed by atoms with Crippen LogP contribution < -0.4 is 4.90 Å². The van der Waals surface area contributed by atoms with Gasteiger partial charge in [0.05, 0.1) is 13.2 Å². The second-order valence-corrected chi connectivity index (χ2v) is 4.70. The van der Waals surface area contributed by atoms with Crippen LogP contribution >= 0.6 is 15.9 Å². The van der Waals surface area contributed by atoms with Gasteiger partial charge in [0.2, 0.25) is 0 Å². The Morgan fingerprint density at radius 1 is 1.00 bits per heavy atom. The fourth-order valence-electron chi connectivity index (χ4n) is 1.92. The largest absolute Gasteiger partial charge is 0.380 e. The average molecular weight is 330 g/mol. The normalized spacial score (nSPS) is 10.7. The first kappa shape index (κ1) is 16.5. The van der Waals surface area contributed by atoms with Crippen LogP contribution in [0.15, 0.2) is 24.3 Å². The van der Waals surface area contributed by atoms with Gasteiger partial charge in [-0.2, -0.15) is 0 Å². The second kappa shape index (κ2) is 10.2. The lowest BCUT2D eigenvalue weighted by atomic mass is 10.2. The molecule has 19 heavy (non-hydrogen) atoms. The Bertz CT molecular complexity index is 337. The van der Waals surface area contributed by atoms with Gasteiger partial charge in [-0.3, -0.25) is 0 Å². The van der Waals surface area contributed by atoms with Crippen LogP contribution in [0.3, 0.4) is 0 Å². The van der Waals surface area contributed by atoms with Gasteiger partial charge in [0.1, 0.15) is 0 Å². The van der Waals surface area contributed by atoms with Gasteiger partial charge in [-0.1, -0.05) is 34.1 Å². The number of alkyl halides is 1. The fraction of sp³-hybridized carbons (Fsp3) is 0.600. The van der Waals surface area contributed by atoms with E-state index in [9.17, 15) is 0 Å². The van der Waals surface area contributed by atoms with Crippen LogP contribution in [0.2, 0.25) is 0 Å². The van der Waals surface area contributed by atoms with Crippen molar-refractivity contribution in [2.75, 3.05) is 44.4 Å². The Morgan fingerprint density at radius 3 is 2.11 bits per heavy atom. The highest BCUT2D eigenvalue weighted by Gasteiger charge is 2.10. The zero-order chi connectivity index (χ0) is 13.9. The van der Waals surface area contributed by atoms with Crippen molar-refractivity contribution in [1.82, 2.24) is 0 Å². The summed E-state index contributed by atoms with van der Waals surface area (Å²) in [6, 6.07) is 8.46. The minimum absolute atomic E-state index is 0.749. The molecule has 0 unspecified atom stereocenters. The van der Waals surface area contributed by atoms with Crippen molar-refractivity contribution in [3.8, 4) is 0 Å². The summed E-state index contributed by atoms with van der Waals surface area (Å²) in [5.74, 6) is 0. The zero-order valence-electron chi connectivity index (χ0n) is 11.9. The summed E-state index contributed by atoms with van der Waals surface area (Å²) < 4.78 is 10.9. The van der Waals surface area contributed by atoms with Gasteiger partial charge in [-0.15, -0.1) is 0 Å². The maximum absolute atomic E-state index is 5.47. The Kier molecular flexibility index (Phi) is 8.88. The molecule has 3 nitrogen and oxygen atoms in total.